The molecule has 1 aliphatic heterocycles. The summed E-state index contributed by atoms with van der Waals surface area (Å²) in [5.41, 5.74) is 0.296. The van der Waals surface area contributed by atoms with Crippen LogP contribution in [0.25, 0.3) is 0 Å². The average molecular weight is 319 g/mol. The summed E-state index contributed by atoms with van der Waals surface area (Å²) in [5.74, 6) is 1.45. The predicted molar refractivity (Wildman–Crippen MR) is 95.9 cm³/mol. The summed E-state index contributed by atoms with van der Waals surface area (Å²) in [6.45, 7) is 7.80. The third-order valence-corrected chi connectivity index (χ3v) is 5.05. The molecule has 2 rings (SSSR count). The van der Waals surface area contributed by atoms with Crippen LogP contribution in [0.1, 0.15) is 57.9 Å². The molecule has 0 aromatic heterocycles. The number of rotatable bonds is 8. The Morgan fingerprint density at radius 3 is 2.30 bits per heavy atom. The topological polar surface area (TPSA) is 32.7 Å². The number of nitrogens with zero attached hydrogens (tertiary/aromatic N) is 1. The van der Waals surface area contributed by atoms with Crippen molar-refractivity contribution in [3.63, 3.8) is 0 Å². The first-order chi connectivity index (χ1) is 11.0. The maximum Gasteiger partial charge on any atom is 0.118 e. The minimum Gasteiger partial charge on any atom is -0.497 e. The van der Waals surface area contributed by atoms with Gasteiger partial charge in [0, 0.05) is 6.54 Å². The highest BCUT2D eigenvalue weighted by Crippen LogP contribution is 2.33. The molecule has 0 amide bonds. The van der Waals surface area contributed by atoms with E-state index < -0.39 is 5.60 Å². The number of benzene rings is 1. The van der Waals surface area contributed by atoms with Crippen LogP contribution >= 0.6 is 0 Å². The minimum absolute atomic E-state index is 0.606. The van der Waals surface area contributed by atoms with E-state index in [1.807, 2.05) is 24.3 Å². The number of likely N-dealkylation sites (tertiary alicyclic amines) is 1. The molecule has 1 N–H and O–H groups in total. The monoisotopic (exact) mass is 319 g/mol. The standard InChI is InChI=1S/C20H33NO2/c1-17(2)11-12-20(22,13-16-21-14-5-4-6-15-21)18-7-9-19(23-3)10-8-18/h7-10,17,22H,4-6,11-16H2,1-3H3. The van der Waals surface area contributed by atoms with Crippen LogP contribution in [0, 0.1) is 5.92 Å². The van der Waals surface area contributed by atoms with Gasteiger partial charge < -0.3 is 14.7 Å². The first-order valence-electron chi connectivity index (χ1n) is 9.13. The molecule has 1 unspecified atom stereocenters. The molecule has 0 bridgehead atoms. The maximum atomic E-state index is 11.4. The van der Waals surface area contributed by atoms with Crippen molar-refractivity contribution in [2.45, 2.75) is 58.0 Å². The van der Waals surface area contributed by atoms with Crippen molar-refractivity contribution in [1.29, 1.82) is 0 Å². The van der Waals surface area contributed by atoms with Gasteiger partial charge in [0.1, 0.15) is 5.75 Å². The van der Waals surface area contributed by atoms with Gasteiger partial charge in [-0.1, -0.05) is 32.4 Å². The molecule has 0 aliphatic carbocycles. The molecule has 130 valence electrons. The van der Waals surface area contributed by atoms with Crippen LogP contribution in [-0.2, 0) is 5.60 Å². The highest BCUT2D eigenvalue weighted by Gasteiger charge is 2.30. The number of aliphatic hydroxyl groups is 1. The second-order valence-electron chi connectivity index (χ2n) is 7.34. The second-order valence-corrected chi connectivity index (χ2v) is 7.34. The molecule has 3 heteroatoms. The zero-order chi connectivity index (χ0) is 16.7. The molecular weight excluding hydrogens is 286 g/mol. The van der Waals surface area contributed by atoms with Crippen LogP contribution in [-0.4, -0.2) is 36.8 Å². The van der Waals surface area contributed by atoms with Gasteiger partial charge in [-0.25, -0.2) is 0 Å². The van der Waals surface area contributed by atoms with E-state index in [-0.39, 0.29) is 0 Å². The molecule has 1 heterocycles. The summed E-state index contributed by atoms with van der Waals surface area (Å²) in [6.07, 6.45) is 6.63. The van der Waals surface area contributed by atoms with E-state index in [1.165, 1.54) is 32.4 Å². The third-order valence-electron chi connectivity index (χ3n) is 5.05. The van der Waals surface area contributed by atoms with Gasteiger partial charge in [-0.3, -0.25) is 0 Å². The molecule has 1 aromatic carbocycles. The largest absolute Gasteiger partial charge is 0.497 e. The predicted octanol–water partition coefficient (Wildman–Crippen LogP) is 4.20. The van der Waals surface area contributed by atoms with Crippen LogP contribution in [0.2, 0.25) is 0 Å². The molecule has 0 spiro atoms. The van der Waals surface area contributed by atoms with Gasteiger partial charge in [-0.15, -0.1) is 0 Å². The molecule has 23 heavy (non-hydrogen) atoms. The van der Waals surface area contributed by atoms with Gasteiger partial charge in [0.15, 0.2) is 0 Å². The fourth-order valence-corrected chi connectivity index (χ4v) is 3.37. The van der Waals surface area contributed by atoms with Crippen molar-refractivity contribution in [2.75, 3.05) is 26.7 Å². The summed E-state index contributed by atoms with van der Waals surface area (Å²) in [6, 6.07) is 7.96. The summed E-state index contributed by atoms with van der Waals surface area (Å²) in [4.78, 5) is 2.51. The Bertz CT molecular complexity index is 451. The Morgan fingerprint density at radius 1 is 1.09 bits per heavy atom. The molecule has 3 nitrogen and oxygen atoms in total. The smallest absolute Gasteiger partial charge is 0.118 e. The van der Waals surface area contributed by atoms with Crippen molar-refractivity contribution in [3.05, 3.63) is 29.8 Å². The van der Waals surface area contributed by atoms with Gasteiger partial charge in [0.05, 0.1) is 12.7 Å². The van der Waals surface area contributed by atoms with Gasteiger partial charge in [0.25, 0.3) is 0 Å². The quantitative estimate of drug-likeness (QED) is 0.779. The summed E-state index contributed by atoms with van der Waals surface area (Å²) in [7, 11) is 1.68. The number of methoxy groups -OCH3 is 1. The van der Waals surface area contributed by atoms with Crippen LogP contribution in [0.5, 0.6) is 5.75 Å². The van der Waals surface area contributed by atoms with Gasteiger partial charge in [-0.2, -0.15) is 0 Å². The highest BCUT2D eigenvalue weighted by molar-refractivity contribution is 5.30. The SMILES string of the molecule is COc1ccc(C(O)(CCC(C)C)CCN2CCCCC2)cc1. The van der Waals surface area contributed by atoms with Crippen LogP contribution in [0.4, 0.5) is 0 Å². The van der Waals surface area contributed by atoms with Crippen molar-refractivity contribution in [2.24, 2.45) is 5.92 Å². The van der Waals surface area contributed by atoms with Crippen LogP contribution < -0.4 is 4.74 Å². The Morgan fingerprint density at radius 2 is 1.74 bits per heavy atom. The molecule has 0 saturated carbocycles. The van der Waals surface area contributed by atoms with Crippen molar-refractivity contribution in [3.8, 4) is 5.75 Å². The fraction of sp³-hybridized carbons (Fsp3) is 0.700. The average Bonchev–Trinajstić information content (AvgIpc) is 2.59. The normalized spacial score (nSPS) is 18.8. The number of hydrogen-bond donors (Lipinski definition) is 1. The lowest BCUT2D eigenvalue weighted by Gasteiger charge is -2.34. The van der Waals surface area contributed by atoms with Gasteiger partial charge in [0.2, 0.25) is 0 Å². The van der Waals surface area contributed by atoms with E-state index in [0.717, 1.165) is 37.1 Å². The number of ether oxygens (including phenoxy) is 1. The number of hydrogen-bond acceptors (Lipinski definition) is 3. The molecule has 1 saturated heterocycles. The van der Waals surface area contributed by atoms with E-state index in [1.54, 1.807) is 7.11 Å². The Hall–Kier alpha value is -1.06. The van der Waals surface area contributed by atoms with Crippen molar-refractivity contribution in [1.82, 2.24) is 4.90 Å². The first kappa shape index (κ1) is 18.3. The lowest BCUT2D eigenvalue weighted by Crippen LogP contribution is -2.36. The molecule has 1 aliphatic rings. The highest BCUT2D eigenvalue weighted by atomic mass is 16.5. The van der Waals surface area contributed by atoms with Gasteiger partial charge in [-0.05, 0) is 68.8 Å². The van der Waals surface area contributed by atoms with Crippen molar-refractivity contribution < 1.29 is 9.84 Å². The molecular formula is C20H33NO2. The van der Waals surface area contributed by atoms with E-state index in [9.17, 15) is 5.11 Å². The van der Waals surface area contributed by atoms with Crippen molar-refractivity contribution >= 4 is 0 Å². The van der Waals surface area contributed by atoms with E-state index in [4.69, 9.17) is 4.74 Å². The lowest BCUT2D eigenvalue weighted by atomic mass is 9.84. The third kappa shape index (κ3) is 5.50. The first-order valence-corrected chi connectivity index (χ1v) is 9.13. The Balaban J connectivity index is 2.06. The summed E-state index contributed by atoms with van der Waals surface area (Å²) < 4.78 is 5.25. The minimum atomic E-state index is -0.728. The van der Waals surface area contributed by atoms with Crippen LogP contribution in [0.3, 0.4) is 0 Å². The molecule has 0 radical (unpaired) electrons. The maximum absolute atomic E-state index is 11.4. The van der Waals surface area contributed by atoms with E-state index in [0.29, 0.717) is 5.92 Å². The zero-order valence-electron chi connectivity index (χ0n) is 15.1. The Labute approximate surface area is 141 Å². The van der Waals surface area contributed by atoms with Crippen LogP contribution in [0.15, 0.2) is 24.3 Å². The number of piperidine rings is 1. The summed E-state index contributed by atoms with van der Waals surface area (Å²) >= 11 is 0. The molecule has 1 atom stereocenters. The molecule has 1 aromatic rings. The molecule has 1 fully saturated rings. The van der Waals surface area contributed by atoms with E-state index >= 15 is 0 Å². The lowest BCUT2D eigenvalue weighted by molar-refractivity contribution is 0.00255. The fourth-order valence-electron chi connectivity index (χ4n) is 3.37. The van der Waals surface area contributed by atoms with E-state index in [2.05, 4.69) is 18.7 Å². The Kier molecular flexibility index (Phi) is 6.91. The second kappa shape index (κ2) is 8.70. The van der Waals surface area contributed by atoms with Gasteiger partial charge >= 0.3 is 0 Å². The zero-order valence-corrected chi connectivity index (χ0v) is 15.1. The summed E-state index contributed by atoms with van der Waals surface area (Å²) in [5, 5.41) is 11.4.